The molecular weight excluding hydrogens is 344 g/mol. The Balaban J connectivity index is 1.61. The van der Waals surface area contributed by atoms with Crippen molar-refractivity contribution >= 4 is 34.4 Å². The summed E-state index contributed by atoms with van der Waals surface area (Å²) in [6, 6.07) is 3.73. The normalized spacial score (nSPS) is 10.9. The van der Waals surface area contributed by atoms with Crippen LogP contribution in [-0.4, -0.2) is 38.1 Å². The van der Waals surface area contributed by atoms with Crippen LogP contribution in [0.15, 0.2) is 35.3 Å². The van der Waals surface area contributed by atoms with Crippen LogP contribution in [0.5, 0.6) is 0 Å². The predicted octanol–water partition coefficient (Wildman–Crippen LogP) is 2.17. The van der Waals surface area contributed by atoms with Crippen LogP contribution in [0.2, 0.25) is 0 Å². The molecule has 0 saturated heterocycles. The molecule has 0 spiro atoms. The van der Waals surface area contributed by atoms with Gasteiger partial charge in [-0.05, 0) is 18.6 Å². The average Bonchev–Trinajstić information content (AvgIpc) is 3.28. The second-order valence-electron chi connectivity index (χ2n) is 5.40. The first-order valence-electron chi connectivity index (χ1n) is 8.03. The minimum atomic E-state index is -0.00691. The van der Waals surface area contributed by atoms with Crippen molar-refractivity contribution in [2.75, 3.05) is 17.7 Å². The molecule has 0 aliphatic carbocycles. The molecule has 0 aliphatic rings. The van der Waals surface area contributed by atoms with Crippen molar-refractivity contribution in [2.45, 2.75) is 25.9 Å². The fraction of sp³-hybridized carbons (Fsp3) is 0.375. The summed E-state index contributed by atoms with van der Waals surface area (Å²) in [4.78, 5) is 20.2. The lowest BCUT2D eigenvalue weighted by molar-refractivity contribution is -0.121. The van der Waals surface area contributed by atoms with Gasteiger partial charge in [0.15, 0.2) is 5.65 Å². The number of carbonyl (C=O) groups is 1. The zero-order valence-electron chi connectivity index (χ0n) is 13.6. The largest absolute Gasteiger partial charge is 0.467 e. The molecule has 1 amide bonds. The van der Waals surface area contributed by atoms with Gasteiger partial charge in [0, 0.05) is 18.8 Å². The van der Waals surface area contributed by atoms with Gasteiger partial charge in [0.2, 0.25) is 5.91 Å². The summed E-state index contributed by atoms with van der Waals surface area (Å²) in [6.45, 7) is 1.54. The number of carbonyl (C=O) groups excluding carboxylic acids is 1. The number of alkyl halides is 1. The molecule has 3 heterocycles. The van der Waals surface area contributed by atoms with E-state index in [-0.39, 0.29) is 5.91 Å². The lowest BCUT2D eigenvalue weighted by Gasteiger charge is -2.07. The van der Waals surface area contributed by atoms with Crippen LogP contribution in [0.25, 0.3) is 11.0 Å². The first kappa shape index (κ1) is 17.2. The van der Waals surface area contributed by atoms with Gasteiger partial charge in [0.25, 0.3) is 0 Å². The Kier molecular flexibility index (Phi) is 5.84. The Morgan fingerprint density at radius 2 is 2.28 bits per heavy atom. The van der Waals surface area contributed by atoms with Crippen molar-refractivity contribution in [2.24, 2.45) is 0 Å². The van der Waals surface area contributed by atoms with Crippen molar-refractivity contribution in [1.82, 2.24) is 25.1 Å². The minimum Gasteiger partial charge on any atom is -0.467 e. The van der Waals surface area contributed by atoms with E-state index in [2.05, 4.69) is 25.7 Å². The molecule has 3 rings (SSSR count). The van der Waals surface area contributed by atoms with Gasteiger partial charge in [-0.2, -0.15) is 5.10 Å². The number of hydrogen-bond donors (Lipinski definition) is 2. The molecule has 8 nitrogen and oxygen atoms in total. The third kappa shape index (κ3) is 4.48. The Hall–Kier alpha value is -2.61. The first-order valence-corrected chi connectivity index (χ1v) is 8.57. The smallest absolute Gasteiger partial charge is 0.220 e. The average molecular weight is 363 g/mol. The van der Waals surface area contributed by atoms with E-state index in [0.717, 1.165) is 11.1 Å². The van der Waals surface area contributed by atoms with Crippen molar-refractivity contribution < 1.29 is 9.21 Å². The maximum absolute atomic E-state index is 11.6. The van der Waals surface area contributed by atoms with E-state index in [4.69, 9.17) is 16.0 Å². The van der Waals surface area contributed by atoms with Crippen molar-refractivity contribution in [3.8, 4) is 0 Å². The Morgan fingerprint density at radius 3 is 3.08 bits per heavy atom. The number of furan rings is 1. The van der Waals surface area contributed by atoms with Gasteiger partial charge < -0.3 is 15.1 Å². The van der Waals surface area contributed by atoms with E-state index in [1.54, 1.807) is 17.1 Å². The van der Waals surface area contributed by atoms with E-state index in [1.807, 2.05) is 12.1 Å². The van der Waals surface area contributed by atoms with Gasteiger partial charge >= 0.3 is 0 Å². The lowest BCUT2D eigenvalue weighted by Crippen LogP contribution is -2.27. The van der Waals surface area contributed by atoms with Crippen LogP contribution in [-0.2, 0) is 17.9 Å². The second-order valence-corrected chi connectivity index (χ2v) is 5.78. The monoisotopic (exact) mass is 362 g/mol. The minimum absolute atomic E-state index is 0.00691. The van der Waals surface area contributed by atoms with Gasteiger partial charge in [-0.3, -0.25) is 4.79 Å². The fourth-order valence-electron chi connectivity index (χ4n) is 2.40. The summed E-state index contributed by atoms with van der Waals surface area (Å²) in [6.07, 6.45) is 5.95. The molecule has 0 bridgehead atoms. The Bertz CT molecular complexity index is 817. The van der Waals surface area contributed by atoms with E-state index in [0.29, 0.717) is 49.8 Å². The summed E-state index contributed by atoms with van der Waals surface area (Å²) >= 11 is 5.58. The van der Waals surface area contributed by atoms with Gasteiger partial charge in [-0.1, -0.05) is 0 Å². The molecule has 132 valence electrons. The van der Waals surface area contributed by atoms with E-state index in [1.165, 1.54) is 6.33 Å². The number of hydrogen-bond acceptors (Lipinski definition) is 6. The number of nitrogens with zero attached hydrogens (tertiary/aromatic N) is 4. The summed E-state index contributed by atoms with van der Waals surface area (Å²) in [5.74, 6) is 1.99. The maximum Gasteiger partial charge on any atom is 0.220 e. The summed E-state index contributed by atoms with van der Waals surface area (Å²) in [5, 5.41) is 11.2. The molecule has 2 N–H and O–H groups in total. The third-order valence-corrected chi connectivity index (χ3v) is 3.89. The summed E-state index contributed by atoms with van der Waals surface area (Å²) in [5.41, 5.74) is 0.715. The summed E-state index contributed by atoms with van der Waals surface area (Å²) < 4.78 is 7.05. The molecular formula is C16H19ClN6O2. The number of aromatic nitrogens is 4. The molecule has 0 radical (unpaired) electrons. The zero-order chi connectivity index (χ0) is 17.5. The Labute approximate surface area is 149 Å². The topological polar surface area (TPSA) is 97.9 Å². The molecule has 3 aromatic heterocycles. The highest BCUT2D eigenvalue weighted by Gasteiger charge is 2.10. The van der Waals surface area contributed by atoms with Gasteiger partial charge in [-0.25, -0.2) is 14.6 Å². The molecule has 0 aromatic carbocycles. The number of anilines is 1. The molecule has 0 unspecified atom stereocenters. The molecule has 25 heavy (non-hydrogen) atoms. The van der Waals surface area contributed by atoms with Gasteiger partial charge in [0.1, 0.15) is 17.9 Å². The number of halogens is 1. The number of amides is 1. The molecule has 0 saturated carbocycles. The van der Waals surface area contributed by atoms with Crippen molar-refractivity contribution in [1.29, 1.82) is 0 Å². The highest BCUT2D eigenvalue weighted by atomic mass is 35.5. The van der Waals surface area contributed by atoms with Crippen LogP contribution in [0, 0.1) is 0 Å². The SMILES string of the molecule is O=C(CCCCl)NCCn1ncc2c(NCc3ccco3)ncnc21. The third-order valence-electron chi connectivity index (χ3n) is 3.63. The molecule has 9 heteroatoms. The van der Waals surface area contributed by atoms with E-state index >= 15 is 0 Å². The molecule has 0 fully saturated rings. The zero-order valence-corrected chi connectivity index (χ0v) is 14.4. The van der Waals surface area contributed by atoms with Crippen molar-refractivity contribution in [3.05, 3.63) is 36.7 Å². The Morgan fingerprint density at radius 1 is 1.36 bits per heavy atom. The van der Waals surface area contributed by atoms with Gasteiger partial charge in [0.05, 0.1) is 30.9 Å². The number of fused-ring (bicyclic) bond motifs is 1. The van der Waals surface area contributed by atoms with Crippen LogP contribution >= 0.6 is 11.6 Å². The second kappa shape index (κ2) is 8.48. The van der Waals surface area contributed by atoms with Crippen LogP contribution < -0.4 is 10.6 Å². The summed E-state index contributed by atoms with van der Waals surface area (Å²) in [7, 11) is 0. The number of nitrogens with one attached hydrogen (secondary N) is 2. The quantitative estimate of drug-likeness (QED) is 0.566. The molecule has 0 aliphatic heterocycles. The fourth-order valence-corrected chi connectivity index (χ4v) is 2.53. The standard InChI is InChI=1S/C16H19ClN6O2/c17-5-1-4-14(24)18-6-7-23-16-13(10-22-23)15(20-11-21-16)19-9-12-3-2-8-25-12/h2-3,8,10-11H,1,4-7,9H2,(H,18,24)(H,19,20,21). The van der Waals surface area contributed by atoms with Crippen LogP contribution in [0.3, 0.4) is 0 Å². The first-order chi connectivity index (χ1) is 12.3. The van der Waals surface area contributed by atoms with Gasteiger partial charge in [-0.15, -0.1) is 11.6 Å². The number of rotatable bonds is 9. The van der Waals surface area contributed by atoms with Crippen LogP contribution in [0.1, 0.15) is 18.6 Å². The van der Waals surface area contributed by atoms with Crippen molar-refractivity contribution in [3.63, 3.8) is 0 Å². The van der Waals surface area contributed by atoms with Crippen LogP contribution in [0.4, 0.5) is 5.82 Å². The van der Waals surface area contributed by atoms with E-state index in [9.17, 15) is 4.79 Å². The lowest BCUT2D eigenvalue weighted by atomic mass is 10.3. The molecule has 3 aromatic rings. The predicted molar refractivity (Wildman–Crippen MR) is 94.3 cm³/mol. The molecule has 0 atom stereocenters. The van der Waals surface area contributed by atoms with E-state index < -0.39 is 0 Å². The maximum atomic E-state index is 11.6. The highest BCUT2D eigenvalue weighted by Crippen LogP contribution is 2.19. The highest BCUT2D eigenvalue weighted by molar-refractivity contribution is 6.17.